The van der Waals surface area contributed by atoms with E-state index in [1.807, 2.05) is 24.3 Å². The largest absolute Gasteiger partial charge is 0.393 e. The van der Waals surface area contributed by atoms with Gasteiger partial charge in [-0.05, 0) is 85.7 Å². The summed E-state index contributed by atoms with van der Waals surface area (Å²) in [5.41, 5.74) is 6.32. The summed E-state index contributed by atoms with van der Waals surface area (Å²) in [7, 11) is 0. The highest BCUT2D eigenvalue weighted by Gasteiger charge is 2.20. The van der Waals surface area contributed by atoms with Crippen molar-refractivity contribution in [1.29, 1.82) is 0 Å². The lowest BCUT2D eigenvalue weighted by Gasteiger charge is -2.29. The van der Waals surface area contributed by atoms with Gasteiger partial charge in [-0.2, -0.15) is 5.10 Å². The maximum Gasteiger partial charge on any atom is 0.273 e. The number of likely N-dealkylation sites (tertiary alicyclic amines) is 1. The molecule has 9 heteroatoms. The predicted octanol–water partition coefficient (Wildman–Crippen LogP) is 4.79. The number of aliphatic hydroxyl groups is 1. The van der Waals surface area contributed by atoms with Gasteiger partial charge >= 0.3 is 0 Å². The van der Waals surface area contributed by atoms with Gasteiger partial charge in [0.1, 0.15) is 5.82 Å². The molecule has 2 fully saturated rings. The molecule has 214 valence electrons. The second kappa shape index (κ2) is 13.5. The molecule has 0 saturated carbocycles. The maximum atomic E-state index is 13.3. The number of aliphatic hydroxyl groups excluding tert-OH is 1. The molecule has 41 heavy (non-hydrogen) atoms. The van der Waals surface area contributed by atoms with Crippen LogP contribution in [0.25, 0.3) is 0 Å². The molecule has 3 aromatic carbocycles. The molecule has 8 nitrogen and oxygen atoms in total. The molecule has 0 spiro atoms. The lowest BCUT2D eigenvalue weighted by Crippen LogP contribution is -2.35. The average Bonchev–Trinajstić information content (AvgIpc) is 3.00. The van der Waals surface area contributed by atoms with E-state index in [0.717, 1.165) is 63.1 Å². The monoisotopic (exact) mass is 557 g/mol. The number of hydrazone groups is 1. The number of carbonyl (C=O) groups is 2. The first-order valence-electron chi connectivity index (χ1n) is 14.2. The highest BCUT2D eigenvalue weighted by Crippen LogP contribution is 2.27. The van der Waals surface area contributed by atoms with Crippen LogP contribution in [0, 0.1) is 5.82 Å². The van der Waals surface area contributed by atoms with Gasteiger partial charge in [0, 0.05) is 44.0 Å². The van der Waals surface area contributed by atoms with Crippen LogP contribution in [-0.2, 0) is 6.54 Å². The third-order valence-corrected chi connectivity index (χ3v) is 7.62. The average molecular weight is 558 g/mol. The van der Waals surface area contributed by atoms with E-state index in [2.05, 4.69) is 25.6 Å². The van der Waals surface area contributed by atoms with Crippen LogP contribution < -0.4 is 15.6 Å². The van der Waals surface area contributed by atoms with Crippen molar-refractivity contribution in [2.24, 2.45) is 5.10 Å². The molecular weight excluding hydrogens is 521 g/mol. The summed E-state index contributed by atoms with van der Waals surface area (Å²) in [4.78, 5) is 31.1. The Bertz CT molecular complexity index is 1380. The summed E-state index contributed by atoms with van der Waals surface area (Å²) in [5.74, 6) is -1.12. The molecule has 2 heterocycles. The number of piperidine rings is 2. The Morgan fingerprint density at radius 1 is 0.927 bits per heavy atom. The Labute approximate surface area is 239 Å². The highest BCUT2D eigenvalue weighted by molar-refractivity contribution is 6.09. The number of hydrogen-bond donors (Lipinski definition) is 3. The first-order chi connectivity index (χ1) is 19.9. The van der Waals surface area contributed by atoms with Crippen molar-refractivity contribution in [1.82, 2.24) is 10.3 Å². The first-order valence-corrected chi connectivity index (χ1v) is 14.2. The summed E-state index contributed by atoms with van der Waals surface area (Å²) in [6, 6.07) is 18.8. The van der Waals surface area contributed by atoms with Crippen LogP contribution in [0.1, 0.15) is 63.9 Å². The second-order valence-corrected chi connectivity index (χ2v) is 10.7. The van der Waals surface area contributed by atoms with Crippen molar-refractivity contribution in [3.63, 3.8) is 0 Å². The van der Waals surface area contributed by atoms with Gasteiger partial charge < -0.3 is 15.3 Å². The van der Waals surface area contributed by atoms with Crippen LogP contribution in [0.15, 0.2) is 71.8 Å². The highest BCUT2D eigenvalue weighted by atomic mass is 19.1. The summed E-state index contributed by atoms with van der Waals surface area (Å²) in [5, 5.41) is 16.8. The first kappa shape index (κ1) is 28.4. The Morgan fingerprint density at radius 3 is 2.44 bits per heavy atom. The molecule has 0 unspecified atom stereocenters. The zero-order chi connectivity index (χ0) is 28.6. The van der Waals surface area contributed by atoms with Gasteiger partial charge in [0.15, 0.2) is 0 Å². The SMILES string of the molecule is O=C(Nc1ccc(N2CCCCC2)cc1C(=O)N/N=C/c1ccc(F)cc1)c1cccc(CN2CCC(O)CC2)c1. The maximum absolute atomic E-state index is 13.3. The zero-order valence-electron chi connectivity index (χ0n) is 23.1. The molecule has 0 bridgehead atoms. The fraction of sp³-hybridized carbons (Fsp3) is 0.344. The van der Waals surface area contributed by atoms with Gasteiger partial charge in [0.2, 0.25) is 0 Å². The smallest absolute Gasteiger partial charge is 0.273 e. The number of halogens is 1. The van der Waals surface area contributed by atoms with E-state index in [9.17, 15) is 19.1 Å². The van der Waals surface area contributed by atoms with Crippen molar-refractivity contribution in [2.45, 2.75) is 44.8 Å². The summed E-state index contributed by atoms with van der Waals surface area (Å²) in [6.45, 7) is 4.18. The van der Waals surface area contributed by atoms with Gasteiger partial charge in [0.25, 0.3) is 11.8 Å². The van der Waals surface area contributed by atoms with Gasteiger partial charge in [0.05, 0.1) is 23.6 Å². The fourth-order valence-electron chi connectivity index (χ4n) is 5.29. The molecule has 0 atom stereocenters. The molecule has 2 saturated heterocycles. The molecular formula is C32H36FN5O3. The number of anilines is 2. The van der Waals surface area contributed by atoms with E-state index in [0.29, 0.717) is 28.9 Å². The molecule has 2 aliphatic rings. The van der Waals surface area contributed by atoms with Crippen molar-refractivity contribution >= 4 is 29.4 Å². The number of hydrogen-bond acceptors (Lipinski definition) is 6. The van der Waals surface area contributed by atoms with Crippen LogP contribution >= 0.6 is 0 Å². The van der Waals surface area contributed by atoms with Gasteiger partial charge in [-0.3, -0.25) is 14.5 Å². The number of rotatable bonds is 8. The standard InChI is InChI=1S/C32H36FN5O3/c33-26-9-7-23(8-10-26)21-34-36-32(41)29-20-27(38-15-2-1-3-16-38)11-12-30(29)35-31(40)25-6-4-5-24(19-25)22-37-17-13-28(39)14-18-37/h4-12,19-21,28,39H,1-3,13-18,22H2,(H,35,40)(H,36,41)/b34-21+. The minimum Gasteiger partial charge on any atom is -0.393 e. The summed E-state index contributed by atoms with van der Waals surface area (Å²) < 4.78 is 13.2. The predicted molar refractivity (Wildman–Crippen MR) is 159 cm³/mol. The fourth-order valence-corrected chi connectivity index (χ4v) is 5.29. The normalized spacial score (nSPS) is 16.6. The van der Waals surface area contributed by atoms with Crippen LogP contribution in [0.5, 0.6) is 0 Å². The van der Waals surface area contributed by atoms with E-state index in [1.165, 1.54) is 24.8 Å². The third kappa shape index (κ3) is 7.77. The topological polar surface area (TPSA) is 97.3 Å². The quantitative estimate of drug-likeness (QED) is 0.273. The molecule has 0 radical (unpaired) electrons. The van der Waals surface area contributed by atoms with E-state index < -0.39 is 5.91 Å². The van der Waals surface area contributed by atoms with Crippen molar-refractivity contribution in [3.8, 4) is 0 Å². The van der Waals surface area contributed by atoms with Crippen molar-refractivity contribution < 1.29 is 19.1 Å². The number of carbonyl (C=O) groups excluding carboxylic acids is 2. The zero-order valence-corrected chi connectivity index (χ0v) is 23.1. The minimum absolute atomic E-state index is 0.232. The number of nitrogens with one attached hydrogen (secondary N) is 2. The minimum atomic E-state index is -0.460. The van der Waals surface area contributed by atoms with Gasteiger partial charge in [-0.25, -0.2) is 9.82 Å². The van der Waals surface area contributed by atoms with E-state index in [1.54, 1.807) is 30.3 Å². The van der Waals surface area contributed by atoms with E-state index in [-0.39, 0.29) is 17.8 Å². The molecule has 2 aliphatic heterocycles. The molecule has 3 aromatic rings. The van der Waals surface area contributed by atoms with Crippen molar-refractivity contribution in [2.75, 3.05) is 36.4 Å². The molecule has 0 aliphatic carbocycles. The number of amides is 2. The van der Waals surface area contributed by atoms with Crippen LogP contribution in [0.3, 0.4) is 0 Å². The van der Waals surface area contributed by atoms with Gasteiger partial charge in [-0.1, -0.05) is 24.3 Å². The number of nitrogens with zero attached hydrogens (tertiary/aromatic N) is 3. The Hall–Kier alpha value is -4.08. The van der Waals surface area contributed by atoms with Gasteiger partial charge in [-0.15, -0.1) is 0 Å². The Balaban J connectivity index is 1.32. The Morgan fingerprint density at radius 2 is 1.68 bits per heavy atom. The lowest BCUT2D eigenvalue weighted by molar-refractivity contribution is 0.0792. The lowest BCUT2D eigenvalue weighted by atomic mass is 10.0. The van der Waals surface area contributed by atoms with Crippen LogP contribution in [-0.4, -0.2) is 60.3 Å². The molecule has 3 N–H and O–H groups in total. The molecule has 2 amide bonds. The molecule has 5 rings (SSSR count). The van der Waals surface area contributed by atoms with E-state index in [4.69, 9.17) is 0 Å². The van der Waals surface area contributed by atoms with Crippen LogP contribution in [0.4, 0.5) is 15.8 Å². The Kier molecular flexibility index (Phi) is 9.38. The molecule has 0 aromatic heterocycles. The van der Waals surface area contributed by atoms with E-state index >= 15 is 0 Å². The van der Waals surface area contributed by atoms with Crippen molar-refractivity contribution in [3.05, 3.63) is 94.8 Å². The summed E-state index contributed by atoms with van der Waals surface area (Å²) >= 11 is 0. The summed E-state index contributed by atoms with van der Waals surface area (Å²) in [6.07, 6.45) is 6.10. The third-order valence-electron chi connectivity index (χ3n) is 7.62. The second-order valence-electron chi connectivity index (χ2n) is 10.7. The van der Waals surface area contributed by atoms with Crippen LogP contribution in [0.2, 0.25) is 0 Å². The number of benzene rings is 3.